The van der Waals surface area contributed by atoms with Gasteiger partial charge in [0.05, 0.1) is 11.6 Å². The Kier molecular flexibility index (Phi) is 10.7. The lowest BCUT2D eigenvalue weighted by molar-refractivity contribution is -0.128. The zero-order valence-electron chi connectivity index (χ0n) is 14.9. The van der Waals surface area contributed by atoms with Gasteiger partial charge >= 0.3 is 0 Å². The van der Waals surface area contributed by atoms with Crippen molar-refractivity contribution in [2.75, 3.05) is 33.4 Å². The average molecular weight is 417 g/mol. The van der Waals surface area contributed by atoms with Crippen LogP contribution in [0.3, 0.4) is 0 Å². The summed E-state index contributed by atoms with van der Waals surface area (Å²) in [6.45, 7) is 2.37. The smallest absolute Gasteiger partial charge is 0.265 e. The highest BCUT2D eigenvalue weighted by Gasteiger charge is 2.22. The van der Waals surface area contributed by atoms with Gasteiger partial charge in [0.25, 0.3) is 5.91 Å². The van der Waals surface area contributed by atoms with Gasteiger partial charge in [0, 0.05) is 38.4 Å². The molecule has 0 heterocycles. The van der Waals surface area contributed by atoms with Gasteiger partial charge in [-0.25, -0.2) is 4.39 Å². The normalized spacial score (nSPS) is 11.4. The Hall–Kier alpha value is -1.86. The molecule has 2 aromatic rings. The van der Waals surface area contributed by atoms with E-state index in [0.29, 0.717) is 37.6 Å². The van der Waals surface area contributed by atoms with Gasteiger partial charge in [0.15, 0.2) is 0 Å². The summed E-state index contributed by atoms with van der Waals surface area (Å²) in [6, 6.07) is 13.1. The van der Waals surface area contributed by atoms with Crippen LogP contribution in [0.1, 0.15) is 11.7 Å². The number of rotatable bonds is 10. The Bertz CT molecular complexity index is 705. The van der Waals surface area contributed by atoms with Crippen molar-refractivity contribution in [1.29, 1.82) is 0 Å². The first-order chi connectivity index (χ1) is 12.6. The summed E-state index contributed by atoms with van der Waals surface area (Å²) >= 11 is 5.79. The number of carbonyl (C=O) groups excluding carboxylic acids is 1. The first-order valence-corrected chi connectivity index (χ1v) is 8.63. The maximum absolute atomic E-state index is 13.3. The van der Waals surface area contributed by atoms with E-state index in [1.54, 1.807) is 19.2 Å². The summed E-state index contributed by atoms with van der Waals surface area (Å²) in [7, 11) is 1.63. The molecule has 0 saturated carbocycles. The third kappa shape index (κ3) is 7.72. The predicted molar refractivity (Wildman–Crippen MR) is 106 cm³/mol. The summed E-state index contributed by atoms with van der Waals surface area (Å²) in [5, 5.41) is 5.92. The minimum absolute atomic E-state index is 0. The van der Waals surface area contributed by atoms with E-state index in [2.05, 4.69) is 10.6 Å². The van der Waals surface area contributed by atoms with Gasteiger partial charge in [-0.15, -0.1) is 12.4 Å². The highest BCUT2D eigenvalue weighted by Crippen LogP contribution is 2.26. The lowest BCUT2D eigenvalue weighted by Gasteiger charge is -2.19. The van der Waals surface area contributed by atoms with Crippen molar-refractivity contribution in [2.24, 2.45) is 0 Å². The van der Waals surface area contributed by atoms with Crippen LogP contribution in [0, 0.1) is 5.82 Å². The van der Waals surface area contributed by atoms with E-state index in [1.807, 2.05) is 18.2 Å². The van der Waals surface area contributed by atoms with E-state index in [9.17, 15) is 9.18 Å². The average Bonchev–Trinajstić information content (AvgIpc) is 2.66. The summed E-state index contributed by atoms with van der Waals surface area (Å²) in [6.07, 6.45) is -0.864. The number of amides is 1. The highest BCUT2D eigenvalue weighted by molar-refractivity contribution is 6.30. The van der Waals surface area contributed by atoms with Gasteiger partial charge in [0.2, 0.25) is 6.10 Å². The quantitative estimate of drug-likeness (QED) is 0.582. The second-order valence-electron chi connectivity index (χ2n) is 5.52. The van der Waals surface area contributed by atoms with Gasteiger partial charge in [0.1, 0.15) is 11.6 Å². The molecule has 2 aromatic carbocycles. The van der Waals surface area contributed by atoms with Gasteiger partial charge in [-0.2, -0.15) is 0 Å². The number of halogens is 3. The summed E-state index contributed by atoms with van der Waals surface area (Å²) < 4.78 is 24.1. The summed E-state index contributed by atoms with van der Waals surface area (Å²) in [5.41, 5.74) is 0.692. The van der Waals surface area contributed by atoms with Crippen molar-refractivity contribution < 1.29 is 18.7 Å². The van der Waals surface area contributed by atoms with E-state index in [0.717, 1.165) is 0 Å². The third-order valence-corrected chi connectivity index (χ3v) is 3.86. The zero-order valence-corrected chi connectivity index (χ0v) is 16.5. The molecule has 2 rings (SSSR count). The van der Waals surface area contributed by atoms with Crippen molar-refractivity contribution in [1.82, 2.24) is 10.6 Å². The largest absolute Gasteiger partial charge is 0.476 e. The Morgan fingerprint density at radius 3 is 2.56 bits per heavy atom. The topological polar surface area (TPSA) is 59.6 Å². The fourth-order valence-corrected chi connectivity index (χ4v) is 2.42. The first-order valence-electron chi connectivity index (χ1n) is 8.26. The van der Waals surface area contributed by atoms with Crippen LogP contribution >= 0.6 is 24.0 Å². The van der Waals surface area contributed by atoms with E-state index in [1.165, 1.54) is 18.2 Å². The lowest BCUT2D eigenvalue weighted by Crippen LogP contribution is -2.37. The van der Waals surface area contributed by atoms with Crippen LogP contribution in [0.15, 0.2) is 48.5 Å². The molecule has 27 heavy (non-hydrogen) atoms. The monoisotopic (exact) mass is 416 g/mol. The molecule has 0 radical (unpaired) electrons. The molecule has 8 heteroatoms. The lowest BCUT2D eigenvalue weighted by atomic mass is 10.1. The number of nitrogens with one attached hydrogen (secondary N) is 2. The number of carbonyl (C=O) groups is 1. The maximum Gasteiger partial charge on any atom is 0.265 e. The number of benzene rings is 2. The van der Waals surface area contributed by atoms with Crippen LogP contribution in [0.5, 0.6) is 5.75 Å². The number of ether oxygens (including phenoxy) is 2. The van der Waals surface area contributed by atoms with E-state index in [-0.39, 0.29) is 23.3 Å². The molecular formula is C19H23Cl2FN2O3. The van der Waals surface area contributed by atoms with Crippen molar-refractivity contribution in [3.05, 3.63) is 64.9 Å². The third-order valence-electron chi connectivity index (χ3n) is 3.57. The highest BCUT2D eigenvalue weighted by atomic mass is 35.5. The van der Waals surface area contributed by atoms with E-state index in [4.69, 9.17) is 21.1 Å². The predicted octanol–water partition coefficient (Wildman–Crippen LogP) is 3.37. The second-order valence-corrected chi connectivity index (χ2v) is 5.93. The fraction of sp³-hybridized carbons (Fsp3) is 0.316. The Morgan fingerprint density at radius 2 is 1.89 bits per heavy atom. The van der Waals surface area contributed by atoms with Gasteiger partial charge in [-0.3, -0.25) is 4.79 Å². The van der Waals surface area contributed by atoms with Crippen LogP contribution in [0.25, 0.3) is 0 Å². The molecule has 1 amide bonds. The molecule has 0 aliphatic carbocycles. The Morgan fingerprint density at radius 1 is 1.15 bits per heavy atom. The summed E-state index contributed by atoms with van der Waals surface area (Å²) in [5.74, 6) is -0.509. The van der Waals surface area contributed by atoms with Crippen molar-refractivity contribution in [3.8, 4) is 5.75 Å². The molecule has 0 spiro atoms. The molecule has 1 atom stereocenters. The molecule has 1 unspecified atom stereocenters. The molecular weight excluding hydrogens is 394 g/mol. The molecule has 0 aliphatic rings. The minimum atomic E-state index is -0.864. The second kappa shape index (κ2) is 12.5. The molecule has 2 N–H and O–H groups in total. The molecule has 0 aliphatic heterocycles. The first kappa shape index (κ1) is 23.2. The molecule has 0 fully saturated rings. The SMILES string of the molecule is COCCNCCNC(=O)C(Oc1ccc(F)c(Cl)c1)c1ccccc1.Cl. The van der Waals surface area contributed by atoms with Gasteiger partial charge < -0.3 is 20.1 Å². The van der Waals surface area contributed by atoms with Crippen LogP contribution in [-0.4, -0.2) is 39.3 Å². The van der Waals surface area contributed by atoms with Gasteiger partial charge in [-0.05, 0) is 12.1 Å². The number of methoxy groups -OCH3 is 1. The zero-order chi connectivity index (χ0) is 18.8. The molecule has 0 saturated heterocycles. The standard InChI is InChI=1S/C19H22ClFN2O3.ClH/c1-25-12-11-22-9-10-23-19(24)18(14-5-3-2-4-6-14)26-15-7-8-17(21)16(20)13-15;/h2-8,13,18,22H,9-12H2,1H3,(H,23,24);1H. The van der Waals surface area contributed by atoms with Gasteiger partial charge in [-0.1, -0.05) is 41.9 Å². The van der Waals surface area contributed by atoms with Crippen LogP contribution in [0.4, 0.5) is 4.39 Å². The number of hydrogen-bond donors (Lipinski definition) is 2. The van der Waals surface area contributed by atoms with Crippen LogP contribution in [-0.2, 0) is 9.53 Å². The fourth-order valence-electron chi connectivity index (χ4n) is 2.25. The Labute approximate surface area is 169 Å². The van der Waals surface area contributed by atoms with Crippen molar-refractivity contribution in [2.45, 2.75) is 6.10 Å². The molecule has 148 valence electrons. The van der Waals surface area contributed by atoms with Crippen LogP contribution < -0.4 is 15.4 Å². The number of hydrogen-bond acceptors (Lipinski definition) is 4. The maximum atomic E-state index is 13.3. The molecule has 5 nitrogen and oxygen atoms in total. The van der Waals surface area contributed by atoms with Crippen LogP contribution in [0.2, 0.25) is 5.02 Å². The van der Waals surface area contributed by atoms with E-state index >= 15 is 0 Å². The van der Waals surface area contributed by atoms with Crippen molar-refractivity contribution in [3.63, 3.8) is 0 Å². The van der Waals surface area contributed by atoms with Crippen molar-refractivity contribution >= 4 is 29.9 Å². The summed E-state index contributed by atoms with van der Waals surface area (Å²) in [4.78, 5) is 12.6. The minimum Gasteiger partial charge on any atom is -0.476 e. The molecule has 0 aromatic heterocycles. The molecule has 0 bridgehead atoms. The Balaban J connectivity index is 0.00000364. The van der Waals surface area contributed by atoms with E-state index < -0.39 is 11.9 Å².